The van der Waals surface area contributed by atoms with Crippen molar-refractivity contribution in [2.24, 2.45) is 11.8 Å². The van der Waals surface area contributed by atoms with Crippen LogP contribution in [0.25, 0.3) is 0 Å². The highest BCUT2D eigenvalue weighted by Gasteiger charge is 2.30. The van der Waals surface area contributed by atoms with Gasteiger partial charge in [0.25, 0.3) is 0 Å². The molecule has 2 nitrogen and oxygen atoms in total. The molecule has 0 aliphatic carbocycles. The molecule has 1 saturated heterocycles. The third-order valence-electron chi connectivity index (χ3n) is 3.70. The monoisotopic (exact) mass is 242 g/mol. The molecule has 2 heteroatoms. The molecule has 0 N–H and O–H groups in total. The number of rotatable bonds is 8. The van der Waals surface area contributed by atoms with Crippen LogP contribution in [0.3, 0.4) is 0 Å². The van der Waals surface area contributed by atoms with Crippen LogP contribution in [0, 0.1) is 11.8 Å². The molecule has 102 valence electrons. The van der Waals surface area contributed by atoms with Gasteiger partial charge in [0.05, 0.1) is 13.2 Å². The Morgan fingerprint density at radius 1 is 0.941 bits per heavy atom. The van der Waals surface area contributed by atoms with Crippen molar-refractivity contribution in [3.8, 4) is 0 Å². The standard InChI is InChI=1S/C15H30O2/c1-13(2)7-5-8-14(3)9-6-10-15(4)16-11-12-17-15/h13-14H,5-12H2,1-4H3. The van der Waals surface area contributed by atoms with Crippen LogP contribution in [0.4, 0.5) is 0 Å². The molecule has 17 heavy (non-hydrogen) atoms. The Morgan fingerprint density at radius 3 is 2.12 bits per heavy atom. The molecule has 0 radical (unpaired) electrons. The normalized spacial score (nSPS) is 21.0. The number of hydrogen-bond acceptors (Lipinski definition) is 2. The summed E-state index contributed by atoms with van der Waals surface area (Å²) in [4.78, 5) is 0. The van der Waals surface area contributed by atoms with E-state index in [9.17, 15) is 0 Å². The van der Waals surface area contributed by atoms with Crippen LogP contribution in [-0.4, -0.2) is 19.0 Å². The van der Waals surface area contributed by atoms with Gasteiger partial charge in [-0.1, -0.05) is 46.5 Å². The lowest BCUT2D eigenvalue weighted by Gasteiger charge is -2.22. The molecule has 1 fully saturated rings. The first-order chi connectivity index (χ1) is 8.02. The largest absolute Gasteiger partial charge is 0.348 e. The van der Waals surface area contributed by atoms with Gasteiger partial charge < -0.3 is 9.47 Å². The van der Waals surface area contributed by atoms with Crippen LogP contribution in [0.1, 0.15) is 66.2 Å². The summed E-state index contributed by atoms with van der Waals surface area (Å²) in [5, 5.41) is 0. The minimum absolute atomic E-state index is 0.280. The van der Waals surface area contributed by atoms with E-state index in [1.807, 2.05) is 0 Å². The van der Waals surface area contributed by atoms with Gasteiger partial charge in [0, 0.05) is 6.42 Å². The first-order valence-corrected chi connectivity index (χ1v) is 7.30. The number of hydrogen-bond donors (Lipinski definition) is 0. The summed E-state index contributed by atoms with van der Waals surface area (Å²) >= 11 is 0. The molecule has 0 spiro atoms. The second kappa shape index (κ2) is 7.38. The molecule has 1 heterocycles. The second-order valence-corrected chi connectivity index (χ2v) is 6.15. The highest BCUT2D eigenvalue weighted by molar-refractivity contribution is 4.68. The Kier molecular flexibility index (Phi) is 6.50. The first-order valence-electron chi connectivity index (χ1n) is 7.30. The molecule has 0 aromatic heterocycles. The molecule has 0 bridgehead atoms. The van der Waals surface area contributed by atoms with E-state index in [0.717, 1.165) is 31.5 Å². The molecule has 1 aliphatic rings. The van der Waals surface area contributed by atoms with Crippen LogP contribution in [0.5, 0.6) is 0 Å². The van der Waals surface area contributed by atoms with Gasteiger partial charge in [-0.2, -0.15) is 0 Å². The topological polar surface area (TPSA) is 18.5 Å². The average Bonchev–Trinajstić information content (AvgIpc) is 2.65. The summed E-state index contributed by atoms with van der Waals surface area (Å²) in [5.41, 5.74) is 0. The molecule has 0 aromatic carbocycles. The summed E-state index contributed by atoms with van der Waals surface area (Å²) < 4.78 is 11.2. The minimum Gasteiger partial charge on any atom is -0.348 e. The Hall–Kier alpha value is -0.0800. The van der Waals surface area contributed by atoms with E-state index in [-0.39, 0.29) is 5.79 Å². The lowest BCUT2D eigenvalue weighted by Crippen LogP contribution is -2.25. The average molecular weight is 242 g/mol. The molecule has 1 unspecified atom stereocenters. The maximum Gasteiger partial charge on any atom is 0.165 e. The van der Waals surface area contributed by atoms with Gasteiger partial charge in [0.15, 0.2) is 5.79 Å². The van der Waals surface area contributed by atoms with Crippen molar-refractivity contribution in [2.45, 2.75) is 72.0 Å². The molecule has 1 aliphatic heterocycles. The zero-order valence-corrected chi connectivity index (χ0v) is 12.1. The lowest BCUT2D eigenvalue weighted by molar-refractivity contribution is -0.147. The Bertz CT molecular complexity index is 195. The van der Waals surface area contributed by atoms with Gasteiger partial charge in [-0.25, -0.2) is 0 Å². The molecule has 0 saturated carbocycles. The van der Waals surface area contributed by atoms with Gasteiger partial charge >= 0.3 is 0 Å². The smallest absolute Gasteiger partial charge is 0.165 e. The second-order valence-electron chi connectivity index (χ2n) is 6.15. The van der Waals surface area contributed by atoms with Gasteiger partial charge in [-0.3, -0.25) is 0 Å². The zero-order valence-electron chi connectivity index (χ0n) is 12.1. The summed E-state index contributed by atoms with van der Waals surface area (Å²) in [6.07, 6.45) is 7.69. The summed E-state index contributed by atoms with van der Waals surface area (Å²) in [7, 11) is 0. The molecule has 0 amide bonds. The van der Waals surface area contributed by atoms with E-state index in [2.05, 4.69) is 27.7 Å². The van der Waals surface area contributed by atoms with E-state index in [1.54, 1.807) is 0 Å². The summed E-state index contributed by atoms with van der Waals surface area (Å²) in [6, 6.07) is 0. The van der Waals surface area contributed by atoms with Crippen molar-refractivity contribution in [1.82, 2.24) is 0 Å². The molecular weight excluding hydrogens is 212 g/mol. The van der Waals surface area contributed by atoms with Crippen LogP contribution in [0.2, 0.25) is 0 Å². The molecular formula is C15H30O2. The number of ether oxygens (including phenoxy) is 2. The van der Waals surface area contributed by atoms with Crippen molar-refractivity contribution in [1.29, 1.82) is 0 Å². The fraction of sp³-hybridized carbons (Fsp3) is 1.00. The van der Waals surface area contributed by atoms with Crippen LogP contribution in [-0.2, 0) is 9.47 Å². The van der Waals surface area contributed by atoms with E-state index in [1.165, 1.54) is 32.1 Å². The maximum absolute atomic E-state index is 5.61. The third kappa shape index (κ3) is 6.42. The van der Waals surface area contributed by atoms with Crippen LogP contribution < -0.4 is 0 Å². The SMILES string of the molecule is CC(C)CCCC(C)CCCC1(C)OCCO1. The Morgan fingerprint density at radius 2 is 1.53 bits per heavy atom. The van der Waals surface area contributed by atoms with Gasteiger partial charge in [-0.15, -0.1) is 0 Å². The Balaban J connectivity index is 2.01. The predicted octanol–water partition coefficient (Wildman–Crippen LogP) is 4.38. The Labute approximate surface area is 107 Å². The highest BCUT2D eigenvalue weighted by atomic mass is 16.7. The van der Waals surface area contributed by atoms with Gasteiger partial charge in [-0.05, 0) is 25.2 Å². The summed E-state index contributed by atoms with van der Waals surface area (Å²) in [5.74, 6) is 1.41. The highest BCUT2D eigenvalue weighted by Crippen LogP contribution is 2.26. The quantitative estimate of drug-likeness (QED) is 0.629. The van der Waals surface area contributed by atoms with Gasteiger partial charge in [0.1, 0.15) is 0 Å². The van der Waals surface area contributed by atoms with Crippen molar-refractivity contribution >= 4 is 0 Å². The molecule has 0 aromatic rings. The van der Waals surface area contributed by atoms with Crippen molar-refractivity contribution in [3.63, 3.8) is 0 Å². The van der Waals surface area contributed by atoms with Gasteiger partial charge in [0.2, 0.25) is 0 Å². The van der Waals surface area contributed by atoms with Crippen molar-refractivity contribution in [2.75, 3.05) is 13.2 Å². The van der Waals surface area contributed by atoms with Crippen molar-refractivity contribution in [3.05, 3.63) is 0 Å². The van der Waals surface area contributed by atoms with E-state index >= 15 is 0 Å². The fourth-order valence-corrected chi connectivity index (χ4v) is 2.49. The molecule has 1 rings (SSSR count). The van der Waals surface area contributed by atoms with Crippen molar-refractivity contribution < 1.29 is 9.47 Å². The van der Waals surface area contributed by atoms with Crippen LogP contribution >= 0.6 is 0 Å². The lowest BCUT2D eigenvalue weighted by atomic mass is 9.94. The summed E-state index contributed by atoms with van der Waals surface area (Å²) in [6.45, 7) is 10.6. The van der Waals surface area contributed by atoms with E-state index < -0.39 is 0 Å². The fourth-order valence-electron chi connectivity index (χ4n) is 2.49. The van der Waals surface area contributed by atoms with E-state index in [0.29, 0.717) is 0 Å². The first kappa shape index (κ1) is 15.0. The van der Waals surface area contributed by atoms with E-state index in [4.69, 9.17) is 9.47 Å². The zero-order chi connectivity index (χ0) is 12.7. The van der Waals surface area contributed by atoms with Crippen LogP contribution in [0.15, 0.2) is 0 Å². The minimum atomic E-state index is -0.280. The molecule has 1 atom stereocenters. The maximum atomic E-state index is 5.61. The third-order valence-corrected chi connectivity index (χ3v) is 3.70. The predicted molar refractivity (Wildman–Crippen MR) is 72.0 cm³/mol.